The molecule has 0 unspecified atom stereocenters. The number of hydrogen-bond donors (Lipinski definition) is 0. The number of hydrogen-bond acceptors (Lipinski definition) is 1. The molecule has 9 aromatic carbocycles. The number of aryl methyl sites for hydroxylation is 1. The first-order valence-electron chi connectivity index (χ1n) is 20.0. The first-order valence-corrected chi connectivity index (χ1v) is 20.0. The SMILES string of the molecule is Cc1ccc(-c2ccc3c(c2)c2cc4c5ccccc5c5cc(-c6ccc(C(F)(F)F)cc6)ccc5c4cc2n3-c2cc(-c3ccccc3)nc(-c3ccccc3)c2)cc1. The van der Waals surface area contributed by atoms with Crippen LogP contribution in [-0.2, 0) is 6.18 Å². The lowest BCUT2D eigenvalue weighted by molar-refractivity contribution is -0.137. The van der Waals surface area contributed by atoms with E-state index in [0.717, 1.165) is 117 Å². The highest BCUT2D eigenvalue weighted by molar-refractivity contribution is 6.29. The molecule has 11 rings (SSSR count). The van der Waals surface area contributed by atoms with Crippen LogP contribution in [0.1, 0.15) is 11.1 Å². The standard InChI is InChI=1S/C55H35F3N2/c1-34-16-18-35(19-17-34)40-23-27-53-49(29-40)50-32-47-44-15-9-8-14-43(44)46-28-39(36-20-24-41(25-21-36)55(56,57)58)22-26-45(46)48(47)33-54(50)60(53)42-30-51(37-10-4-2-5-11-37)59-52(31-42)38-12-6-3-7-13-38/h2-33H,1H3. The fraction of sp³-hybridized carbons (Fsp3) is 0.0364. The molecular formula is C55H35F3N2. The lowest BCUT2D eigenvalue weighted by Gasteiger charge is -2.15. The Labute approximate surface area is 344 Å². The summed E-state index contributed by atoms with van der Waals surface area (Å²) >= 11 is 0. The average Bonchev–Trinajstić information content (AvgIpc) is 3.61. The molecule has 2 heterocycles. The number of pyridine rings is 1. The summed E-state index contributed by atoms with van der Waals surface area (Å²) in [6.45, 7) is 2.11. The zero-order chi connectivity index (χ0) is 40.5. The van der Waals surface area contributed by atoms with E-state index in [0.29, 0.717) is 0 Å². The minimum absolute atomic E-state index is 0.658. The zero-order valence-corrected chi connectivity index (χ0v) is 32.5. The molecule has 0 amide bonds. The van der Waals surface area contributed by atoms with E-state index < -0.39 is 11.7 Å². The predicted molar refractivity (Wildman–Crippen MR) is 243 cm³/mol. The molecule has 0 aliphatic rings. The molecule has 0 radical (unpaired) electrons. The van der Waals surface area contributed by atoms with Crippen LogP contribution in [0.3, 0.4) is 0 Å². The number of halogens is 3. The van der Waals surface area contributed by atoms with E-state index in [-0.39, 0.29) is 0 Å². The summed E-state index contributed by atoms with van der Waals surface area (Å²) in [6.07, 6.45) is -4.39. The normalized spacial score (nSPS) is 12.0. The average molecular weight is 781 g/mol. The second-order valence-electron chi connectivity index (χ2n) is 15.6. The molecule has 0 saturated carbocycles. The van der Waals surface area contributed by atoms with Gasteiger partial charge in [0, 0.05) is 21.9 Å². The van der Waals surface area contributed by atoms with Crippen molar-refractivity contribution < 1.29 is 13.2 Å². The number of benzene rings is 9. The molecule has 0 spiro atoms. The summed E-state index contributed by atoms with van der Waals surface area (Å²) in [7, 11) is 0. The Balaban J connectivity index is 1.22. The quantitative estimate of drug-likeness (QED) is 0.159. The van der Waals surface area contributed by atoms with Crippen molar-refractivity contribution in [2.75, 3.05) is 0 Å². The van der Waals surface area contributed by atoms with Gasteiger partial charge < -0.3 is 4.57 Å². The van der Waals surface area contributed by atoms with Gasteiger partial charge in [0.05, 0.1) is 33.7 Å². The number of nitrogens with zero attached hydrogens (tertiary/aromatic N) is 2. The van der Waals surface area contributed by atoms with Crippen molar-refractivity contribution >= 4 is 54.1 Å². The third kappa shape index (κ3) is 6.01. The van der Waals surface area contributed by atoms with Crippen LogP contribution < -0.4 is 0 Å². The van der Waals surface area contributed by atoms with Gasteiger partial charge in [-0.1, -0.05) is 145 Å². The predicted octanol–water partition coefficient (Wildman–Crippen LogP) is 15.6. The second-order valence-corrected chi connectivity index (χ2v) is 15.6. The smallest absolute Gasteiger partial charge is 0.309 e. The third-order valence-corrected chi connectivity index (χ3v) is 11.9. The first-order chi connectivity index (χ1) is 29.3. The van der Waals surface area contributed by atoms with Gasteiger partial charge in [-0.2, -0.15) is 13.2 Å². The summed E-state index contributed by atoms with van der Waals surface area (Å²) in [5.74, 6) is 0. The third-order valence-electron chi connectivity index (χ3n) is 11.9. The summed E-state index contributed by atoms with van der Waals surface area (Å²) in [5, 5.41) is 8.83. The second kappa shape index (κ2) is 13.8. The van der Waals surface area contributed by atoms with E-state index >= 15 is 0 Å². The molecule has 0 aliphatic heterocycles. The maximum atomic E-state index is 13.5. The highest BCUT2D eigenvalue weighted by Crippen LogP contribution is 2.43. The van der Waals surface area contributed by atoms with Crippen molar-refractivity contribution in [2.45, 2.75) is 13.1 Å². The molecular weight excluding hydrogens is 746 g/mol. The Morgan fingerprint density at radius 1 is 0.367 bits per heavy atom. The maximum absolute atomic E-state index is 13.5. The van der Waals surface area contributed by atoms with E-state index in [1.807, 2.05) is 42.5 Å². The van der Waals surface area contributed by atoms with E-state index in [1.165, 1.54) is 5.56 Å². The molecule has 2 nitrogen and oxygen atoms in total. The van der Waals surface area contributed by atoms with E-state index in [4.69, 9.17) is 4.98 Å². The fourth-order valence-electron chi connectivity index (χ4n) is 8.86. The fourth-order valence-corrected chi connectivity index (χ4v) is 8.86. The van der Waals surface area contributed by atoms with Crippen LogP contribution in [0.4, 0.5) is 13.2 Å². The number of alkyl halides is 3. The molecule has 286 valence electrons. The van der Waals surface area contributed by atoms with E-state index in [2.05, 4.69) is 139 Å². The lowest BCUT2D eigenvalue weighted by Crippen LogP contribution is -2.03. The van der Waals surface area contributed by atoms with Crippen LogP contribution in [0.5, 0.6) is 0 Å². The van der Waals surface area contributed by atoms with Gasteiger partial charge in [0.1, 0.15) is 0 Å². The van der Waals surface area contributed by atoms with Crippen molar-refractivity contribution in [3.05, 3.63) is 205 Å². The van der Waals surface area contributed by atoms with Gasteiger partial charge in [-0.25, -0.2) is 4.98 Å². The van der Waals surface area contributed by atoms with Gasteiger partial charge in [-0.05, 0) is 116 Å². The van der Waals surface area contributed by atoms with Crippen molar-refractivity contribution in [2.24, 2.45) is 0 Å². The van der Waals surface area contributed by atoms with Crippen molar-refractivity contribution in [3.63, 3.8) is 0 Å². The molecule has 60 heavy (non-hydrogen) atoms. The molecule has 0 aliphatic carbocycles. The van der Waals surface area contributed by atoms with Gasteiger partial charge in [0.2, 0.25) is 0 Å². The van der Waals surface area contributed by atoms with Gasteiger partial charge in [0.15, 0.2) is 0 Å². The van der Waals surface area contributed by atoms with Crippen LogP contribution in [0.25, 0.3) is 105 Å². The van der Waals surface area contributed by atoms with Crippen LogP contribution in [0.2, 0.25) is 0 Å². The van der Waals surface area contributed by atoms with Gasteiger partial charge in [-0.15, -0.1) is 0 Å². The largest absolute Gasteiger partial charge is 0.416 e. The van der Waals surface area contributed by atoms with Crippen LogP contribution in [-0.4, -0.2) is 9.55 Å². The van der Waals surface area contributed by atoms with Crippen LogP contribution in [0.15, 0.2) is 194 Å². The zero-order valence-electron chi connectivity index (χ0n) is 32.5. The van der Waals surface area contributed by atoms with Gasteiger partial charge in [0.25, 0.3) is 0 Å². The molecule has 0 N–H and O–H groups in total. The Bertz CT molecular complexity index is 3380. The van der Waals surface area contributed by atoms with E-state index in [1.54, 1.807) is 12.1 Å². The summed E-state index contributed by atoms with van der Waals surface area (Å²) in [5.41, 5.74) is 11.4. The number of aromatic nitrogens is 2. The maximum Gasteiger partial charge on any atom is 0.416 e. The number of fused-ring (bicyclic) bond motifs is 9. The minimum atomic E-state index is -4.39. The topological polar surface area (TPSA) is 17.8 Å². The van der Waals surface area contributed by atoms with Crippen LogP contribution in [0, 0.1) is 6.92 Å². The van der Waals surface area contributed by atoms with Crippen LogP contribution >= 0.6 is 0 Å². The lowest BCUT2D eigenvalue weighted by atomic mass is 9.91. The molecule has 0 saturated heterocycles. The Kier molecular flexibility index (Phi) is 8.21. The monoisotopic (exact) mass is 780 g/mol. The molecule has 0 fully saturated rings. The molecule has 0 atom stereocenters. The van der Waals surface area contributed by atoms with Crippen molar-refractivity contribution in [3.8, 4) is 50.5 Å². The van der Waals surface area contributed by atoms with Crippen molar-refractivity contribution in [1.29, 1.82) is 0 Å². The van der Waals surface area contributed by atoms with Gasteiger partial charge in [-0.3, -0.25) is 0 Å². The summed E-state index contributed by atoms with van der Waals surface area (Å²) in [6, 6.07) is 65.3. The minimum Gasteiger partial charge on any atom is -0.309 e. The Hall–Kier alpha value is -7.50. The van der Waals surface area contributed by atoms with Crippen molar-refractivity contribution in [1.82, 2.24) is 9.55 Å². The molecule has 11 aromatic rings. The number of rotatable bonds is 5. The Morgan fingerprint density at radius 3 is 1.43 bits per heavy atom. The Morgan fingerprint density at radius 2 is 0.833 bits per heavy atom. The first kappa shape index (κ1) is 35.6. The highest BCUT2D eigenvalue weighted by atomic mass is 19.4. The summed E-state index contributed by atoms with van der Waals surface area (Å²) in [4.78, 5) is 5.21. The van der Waals surface area contributed by atoms with E-state index in [9.17, 15) is 13.2 Å². The molecule has 5 heteroatoms. The molecule has 2 aromatic heterocycles. The summed E-state index contributed by atoms with van der Waals surface area (Å²) < 4.78 is 42.8. The highest BCUT2D eigenvalue weighted by Gasteiger charge is 2.30. The molecule has 0 bridgehead atoms. The van der Waals surface area contributed by atoms with Gasteiger partial charge >= 0.3 is 6.18 Å².